The molecule has 5 rings (SSSR count). The second-order valence-electron chi connectivity index (χ2n) is 11.0. The molecule has 2 aromatic carbocycles. The summed E-state index contributed by atoms with van der Waals surface area (Å²) in [5.41, 5.74) is 3.11. The Labute approximate surface area is 234 Å². The molecule has 4 aromatic rings. The summed E-state index contributed by atoms with van der Waals surface area (Å²) in [7, 11) is 0. The van der Waals surface area contributed by atoms with Crippen molar-refractivity contribution in [1.29, 1.82) is 0 Å². The summed E-state index contributed by atoms with van der Waals surface area (Å²) in [6.07, 6.45) is 2.09. The number of halogens is 1. The number of fused-ring (bicyclic) bond motifs is 2. The van der Waals surface area contributed by atoms with Crippen LogP contribution in [-0.4, -0.2) is 43.2 Å². The first kappa shape index (κ1) is 26.6. The maximum Gasteiger partial charge on any atom is 0.347 e. The summed E-state index contributed by atoms with van der Waals surface area (Å²) in [5, 5.41) is 16.3. The lowest BCUT2D eigenvalue weighted by Gasteiger charge is -2.36. The molecule has 2 aromatic heterocycles. The molecular weight excluding hydrogens is 595 g/mol. The number of ketones is 1. The number of Topliss-reactive ketones (excluding diaryl/α,β-unsaturated/α-hetero) is 1. The molecule has 0 bridgehead atoms. The lowest BCUT2D eigenvalue weighted by molar-refractivity contribution is -0.185. The van der Waals surface area contributed by atoms with Gasteiger partial charge in [0.2, 0.25) is 5.95 Å². The van der Waals surface area contributed by atoms with Crippen LogP contribution in [0.15, 0.2) is 57.3 Å². The third-order valence-corrected chi connectivity index (χ3v) is 8.11. The number of hydroxylamine groups is 2. The molecule has 0 spiro atoms. The second-order valence-corrected chi connectivity index (χ2v) is 12.2. The van der Waals surface area contributed by atoms with Crippen molar-refractivity contribution in [3.05, 3.63) is 78.7 Å². The number of benzene rings is 2. The predicted molar refractivity (Wildman–Crippen MR) is 157 cm³/mol. The molecule has 198 valence electrons. The summed E-state index contributed by atoms with van der Waals surface area (Å²) in [6, 6.07) is 12.0. The summed E-state index contributed by atoms with van der Waals surface area (Å²) >= 11 is 2.30. The maximum absolute atomic E-state index is 12.6. The van der Waals surface area contributed by atoms with E-state index in [0.717, 1.165) is 25.7 Å². The van der Waals surface area contributed by atoms with Crippen molar-refractivity contribution >= 4 is 56.3 Å². The van der Waals surface area contributed by atoms with Crippen molar-refractivity contribution in [1.82, 2.24) is 14.6 Å². The van der Waals surface area contributed by atoms with E-state index in [1.807, 2.05) is 52.0 Å². The minimum atomic E-state index is -0.629. The van der Waals surface area contributed by atoms with Gasteiger partial charge in [-0.25, -0.2) is 9.78 Å². The van der Waals surface area contributed by atoms with E-state index in [1.165, 1.54) is 12.0 Å². The molecule has 2 N–H and O–H groups in total. The largest absolute Gasteiger partial charge is 0.422 e. The van der Waals surface area contributed by atoms with Crippen molar-refractivity contribution < 1.29 is 14.4 Å². The molecule has 0 radical (unpaired) electrons. The van der Waals surface area contributed by atoms with Gasteiger partial charge in [-0.15, -0.1) is 0 Å². The number of aryl methyl sites for hydroxylation is 1. The lowest BCUT2D eigenvalue weighted by atomic mass is 9.96. The number of carbonyl (C=O) groups excluding carboxylic acids is 1. The second kappa shape index (κ2) is 9.32. The van der Waals surface area contributed by atoms with Crippen LogP contribution in [0.1, 0.15) is 56.1 Å². The summed E-state index contributed by atoms with van der Waals surface area (Å²) < 4.78 is 8.80. The molecule has 0 amide bonds. The quantitative estimate of drug-likeness (QED) is 0.119. The van der Waals surface area contributed by atoms with Crippen LogP contribution >= 0.6 is 22.6 Å². The van der Waals surface area contributed by atoms with E-state index in [2.05, 4.69) is 50.7 Å². The van der Waals surface area contributed by atoms with Crippen LogP contribution < -0.4 is 10.9 Å². The van der Waals surface area contributed by atoms with Crippen LogP contribution in [0, 0.1) is 10.5 Å². The van der Waals surface area contributed by atoms with E-state index < -0.39 is 16.7 Å². The topological polar surface area (TPSA) is 101 Å². The number of anilines is 1. The first-order valence-corrected chi connectivity index (χ1v) is 13.6. The van der Waals surface area contributed by atoms with Crippen molar-refractivity contribution in [2.24, 2.45) is 0 Å². The van der Waals surface area contributed by atoms with Crippen LogP contribution in [0.2, 0.25) is 0 Å². The third-order valence-electron chi connectivity index (χ3n) is 7.44. The number of nitrogens with one attached hydrogen (secondary N) is 1. The number of hydrogen-bond acceptors (Lipinski definition) is 7. The molecule has 38 heavy (non-hydrogen) atoms. The van der Waals surface area contributed by atoms with E-state index in [9.17, 15) is 14.8 Å². The van der Waals surface area contributed by atoms with Crippen molar-refractivity contribution in [2.45, 2.75) is 59.2 Å². The molecule has 3 heterocycles. The Morgan fingerprint density at radius 2 is 1.92 bits per heavy atom. The number of aromatic nitrogens is 2. The highest BCUT2D eigenvalue weighted by molar-refractivity contribution is 14.1. The number of imidazole rings is 1. The fourth-order valence-corrected chi connectivity index (χ4v) is 6.06. The van der Waals surface area contributed by atoms with E-state index in [-0.39, 0.29) is 11.3 Å². The van der Waals surface area contributed by atoms with Gasteiger partial charge in [-0.1, -0.05) is 18.2 Å². The summed E-state index contributed by atoms with van der Waals surface area (Å²) in [4.78, 5) is 29.6. The fraction of sp³-hybridized carbons (Fsp3) is 0.345. The van der Waals surface area contributed by atoms with Gasteiger partial charge in [-0.2, -0.15) is 5.06 Å². The van der Waals surface area contributed by atoms with Gasteiger partial charge in [-0.3, -0.25) is 4.79 Å². The van der Waals surface area contributed by atoms with Crippen molar-refractivity contribution in [3.8, 4) is 0 Å². The first-order valence-electron chi connectivity index (χ1n) is 12.5. The Hall–Kier alpha value is -3.02. The zero-order chi connectivity index (χ0) is 27.6. The average molecular weight is 626 g/mol. The van der Waals surface area contributed by atoms with Crippen LogP contribution in [-0.2, 0) is 6.54 Å². The van der Waals surface area contributed by atoms with Gasteiger partial charge in [0.15, 0.2) is 5.78 Å². The predicted octanol–water partition coefficient (Wildman–Crippen LogP) is 5.91. The standard InChI is InChI=1S/C29H31IN4O4/c1-16-21-11-22-23(12-24(21)38-26(36)25(16)17(2)35)33(15-18-8-7-9-20(30)10-18)27(32-22)31-14-19-13-28(3,4)34(37)29(19,5)6/h7-13,37H,14-15H2,1-6H3,(H,31,32). The third kappa shape index (κ3) is 4.46. The van der Waals surface area contributed by atoms with Crippen LogP contribution in [0.3, 0.4) is 0 Å². The van der Waals surface area contributed by atoms with Gasteiger partial charge >= 0.3 is 5.63 Å². The number of nitrogens with zero attached hydrogens (tertiary/aromatic N) is 3. The van der Waals surface area contributed by atoms with E-state index in [0.29, 0.717) is 35.6 Å². The first-order chi connectivity index (χ1) is 17.8. The number of rotatable bonds is 6. The van der Waals surface area contributed by atoms with Crippen LogP contribution in [0.4, 0.5) is 5.95 Å². The summed E-state index contributed by atoms with van der Waals surface area (Å²) in [5.74, 6) is 0.338. The molecule has 0 aliphatic carbocycles. The lowest BCUT2D eigenvalue weighted by Crippen LogP contribution is -2.48. The van der Waals surface area contributed by atoms with Gasteiger partial charge in [-0.05, 0) is 99.0 Å². The molecule has 1 aliphatic rings. The van der Waals surface area contributed by atoms with E-state index >= 15 is 0 Å². The molecule has 0 fully saturated rings. The Bertz CT molecular complexity index is 1700. The van der Waals surface area contributed by atoms with Crippen molar-refractivity contribution in [3.63, 3.8) is 0 Å². The van der Waals surface area contributed by atoms with Gasteiger partial charge < -0.3 is 19.5 Å². The number of carbonyl (C=O) groups is 1. The normalized spacial score (nSPS) is 16.8. The van der Waals surface area contributed by atoms with E-state index in [1.54, 1.807) is 6.92 Å². The molecule has 0 atom stereocenters. The highest BCUT2D eigenvalue weighted by Gasteiger charge is 2.44. The molecule has 0 saturated carbocycles. The molecule has 8 nitrogen and oxygen atoms in total. The van der Waals surface area contributed by atoms with E-state index in [4.69, 9.17) is 9.40 Å². The van der Waals surface area contributed by atoms with Gasteiger partial charge in [0.05, 0.1) is 28.7 Å². The highest BCUT2D eigenvalue weighted by atomic mass is 127. The minimum absolute atomic E-state index is 0.0695. The smallest absolute Gasteiger partial charge is 0.347 e. The summed E-state index contributed by atoms with van der Waals surface area (Å²) in [6.45, 7) is 12.1. The molecular formula is C29H31IN4O4. The SMILES string of the molecule is CC(=O)c1c(C)c2cc3nc(NCC4=CC(C)(C)N(O)C4(C)C)n(Cc4cccc(I)c4)c3cc2oc1=O. The Morgan fingerprint density at radius 3 is 2.55 bits per heavy atom. The fourth-order valence-electron chi connectivity index (χ4n) is 5.45. The Morgan fingerprint density at radius 1 is 1.18 bits per heavy atom. The van der Waals surface area contributed by atoms with Gasteiger partial charge in [0, 0.05) is 21.6 Å². The molecule has 9 heteroatoms. The Balaban J connectivity index is 1.64. The zero-order valence-electron chi connectivity index (χ0n) is 22.3. The highest BCUT2D eigenvalue weighted by Crippen LogP contribution is 2.38. The molecule has 0 unspecified atom stereocenters. The monoisotopic (exact) mass is 626 g/mol. The van der Waals surface area contributed by atoms with Gasteiger partial charge in [0.25, 0.3) is 0 Å². The number of hydrogen-bond donors (Lipinski definition) is 2. The van der Waals surface area contributed by atoms with Gasteiger partial charge in [0.1, 0.15) is 11.1 Å². The molecule has 0 saturated heterocycles. The Kier molecular flexibility index (Phi) is 6.52. The molecule has 1 aliphatic heterocycles. The zero-order valence-corrected chi connectivity index (χ0v) is 24.5. The van der Waals surface area contributed by atoms with Crippen molar-refractivity contribution in [2.75, 3.05) is 11.9 Å². The van der Waals surface area contributed by atoms with Crippen LogP contribution in [0.25, 0.3) is 22.0 Å². The van der Waals surface area contributed by atoms with Crippen LogP contribution in [0.5, 0.6) is 0 Å². The average Bonchev–Trinajstić information content (AvgIpc) is 3.23. The minimum Gasteiger partial charge on any atom is -0.422 e. The maximum atomic E-state index is 12.6.